The minimum Gasteiger partial charge on any atom is -0.459 e. The van der Waals surface area contributed by atoms with Crippen LogP contribution in [-0.4, -0.2) is 52.9 Å². The van der Waals surface area contributed by atoms with E-state index >= 15 is 0 Å². The first kappa shape index (κ1) is 19.0. The van der Waals surface area contributed by atoms with Crippen LogP contribution in [0.3, 0.4) is 0 Å². The van der Waals surface area contributed by atoms with Crippen molar-refractivity contribution in [3.63, 3.8) is 0 Å². The molecule has 1 aromatic heterocycles. The molecule has 0 bridgehead atoms. The molecule has 2 amide bonds. The standard InChI is InChI=1S/C18H27N3O4/c1-9(2)15-16(22)19-7-8-21(15)17(23)14-11(5)13(12(6)20-14)18(24)25-10(3)4/h9-10,15,20H,7-8H2,1-6H3,(H,19,22)/t15-/m0/s1. The van der Waals surface area contributed by atoms with Crippen molar-refractivity contribution in [3.05, 3.63) is 22.5 Å². The third kappa shape index (κ3) is 3.70. The number of H-pyrrole nitrogens is 1. The molecule has 0 radical (unpaired) electrons. The highest BCUT2D eigenvalue weighted by Crippen LogP contribution is 2.23. The van der Waals surface area contributed by atoms with Crippen LogP contribution in [-0.2, 0) is 9.53 Å². The number of piperazine rings is 1. The van der Waals surface area contributed by atoms with Crippen LogP contribution in [0, 0.1) is 19.8 Å². The summed E-state index contributed by atoms with van der Waals surface area (Å²) < 4.78 is 5.26. The molecule has 1 atom stereocenters. The van der Waals surface area contributed by atoms with E-state index in [1.807, 2.05) is 13.8 Å². The first-order chi connectivity index (χ1) is 11.6. The number of hydrogen-bond donors (Lipinski definition) is 2. The first-order valence-electron chi connectivity index (χ1n) is 8.64. The molecule has 0 aliphatic carbocycles. The molecule has 1 saturated heterocycles. The molecule has 1 aliphatic heterocycles. The van der Waals surface area contributed by atoms with Gasteiger partial charge in [0.05, 0.1) is 11.7 Å². The lowest BCUT2D eigenvalue weighted by Crippen LogP contribution is -2.59. The third-order valence-electron chi connectivity index (χ3n) is 4.35. The zero-order valence-corrected chi connectivity index (χ0v) is 15.7. The SMILES string of the molecule is Cc1[nH]c(C(=O)N2CCNC(=O)[C@@H]2C(C)C)c(C)c1C(=O)OC(C)C. The molecule has 2 N–H and O–H groups in total. The van der Waals surface area contributed by atoms with Gasteiger partial charge in [0.25, 0.3) is 5.91 Å². The van der Waals surface area contributed by atoms with Crippen molar-refractivity contribution in [2.24, 2.45) is 5.92 Å². The molecular weight excluding hydrogens is 322 g/mol. The smallest absolute Gasteiger partial charge is 0.340 e. The van der Waals surface area contributed by atoms with Gasteiger partial charge in [-0.1, -0.05) is 13.8 Å². The molecule has 2 rings (SSSR count). The summed E-state index contributed by atoms with van der Waals surface area (Å²) in [4.78, 5) is 42.1. The fraction of sp³-hybridized carbons (Fsp3) is 0.611. The van der Waals surface area contributed by atoms with Gasteiger partial charge >= 0.3 is 5.97 Å². The Morgan fingerprint density at radius 3 is 2.40 bits per heavy atom. The Balaban J connectivity index is 2.36. The second-order valence-corrected chi connectivity index (χ2v) is 7.06. The number of amides is 2. The van der Waals surface area contributed by atoms with Gasteiger partial charge in [-0.05, 0) is 39.2 Å². The van der Waals surface area contributed by atoms with Crippen molar-refractivity contribution in [1.82, 2.24) is 15.2 Å². The zero-order valence-electron chi connectivity index (χ0n) is 15.7. The van der Waals surface area contributed by atoms with E-state index in [0.717, 1.165) is 0 Å². The molecule has 1 fully saturated rings. The highest BCUT2D eigenvalue weighted by Gasteiger charge is 2.37. The van der Waals surface area contributed by atoms with Crippen LogP contribution in [0.1, 0.15) is 59.8 Å². The van der Waals surface area contributed by atoms with Gasteiger partial charge in [0.1, 0.15) is 11.7 Å². The van der Waals surface area contributed by atoms with Crippen molar-refractivity contribution in [2.45, 2.75) is 53.7 Å². The summed E-state index contributed by atoms with van der Waals surface area (Å²) in [6.07, 6.45) is -0.239. The fourth-order valence-electron chi connectivity index (χ4n) is 3.26. The van der Waals surface area contributed by atoms with E-state index in [2.05, 4.69) is 10.3 Å². The van der Waals surface area contributed by atoms with Gasteiger partial charge in [-0.25, -0.2) is 4.79 Å². The van der Waals surface area contributed by atoms with Crippen LogP contribution < -0.4 is 5.32 Å². The number of rotatable bonds is 4. The number of esters is 1. The molecule has 0 saturated carbocycles. The average Bonchev–Trinajstić information content (AvgIpc) is 2.80. The van der Waals surface area contributed by atoms with Gasteiger partial charge < -0.3 is 19.9 Å². The van der Waals surface area contributed by atoms with E-state index in [9.17, 15) is 14.4 Å². The number of nitrogens with one attached hydrogen (secondary N) is 2. The molecule has 7 nitrogen and oxygen atoms in total. The highest BCUT2D eigenvalue weighted by molar-refractivity contribution is 6.02. The Morgan fingerprint density at radius 1 is 1.20 bits per heavy atom. The number of hydrogen-bond acceptors (Lipinski definition) is 4. The van der Waals surface area contributed by atoms with Gasteiger partial charge in [0, 0.05) is 18.8 Å². The van der Waals surface area contributed by atoms with Crippen LogP contribution in [0.2, 0.25) is 0 Å². The Bertz CT molecular complexity index is 691. The van der Waals surface area contributed by atoms with E-state index in [1.165, 1.54) is 0 Å². The molecule has 1 aromatic rings. The predicted octanol–water partition coefficient (Wildman–Crippen LogP) is 1.79. The molecule has 0 spiro atoms. The van der Waals surface area contributed by atoms with Gasteiger partial charge in [-0.15, -0.1) is 0 Å². The van der Waals surface area contributed by atoms with Gasteiger partial charge in [-0.3, -0.25) is 9.59 Å². The molecule has 2 heterocycles. The second-order valence-electron chi connectivity index (χ2n) is 7.06. The van der Waals surface area contributed by atoms with Crippen LogP contribution >= 0.6 is 0 Å². The summed E-state index contributed by atoms with van der Waals surface area (Å²) >= 11 is 0. The number of aryl methyl sites for hydroxylation is 1. The molecule has 0 unspecified atom stereocenters. The highest BCUT2D eigenvalue weighted by atomic mass is 16.5. The molecule has 0 aromatic carbocycles. The first-order valence-corrected chi connectivity index (χ1v) is 8.64. The molecule has 1 aliphatic rings. The summed E-state index contributed by atoms with van der Waals surface area (Å²) in [6, 6.07) is -0.518. The normalized spacial score (nSPS) is 17.8. The number of aromatic nitrogens is 1. The Morgan fingerprint density at radius 2 is 1.84 bits per heavy atom. The van der Waals surface area contributed by atoms with Gasteiger partial charge in [0.2, 0.25) is 5.91 Å². The topological polar surface area (TPSA) is 91.5 Å². The van der Waals surface area contributed by atoms with Crippen molar-refractivity contribution >= 4 is 17.8 Å². The Kier molecular flexibility index (Phi) is 5.55. The second kappa shape index (κ2) is 7.29. The molecule has 138 valence electrons. The summed E-state index contributed by atoms with van der Waals surface area (Å²) in [5, 5.41) is 2.80. The minimum atomic E-state index is -0.518. The Hall–Kier alpha value is -2.31. The van der Waals surface area contributed by atoms with E-state index in [4.69, 9.17) is 4.74 Å². The van der Waals surface area contributed by atoms with Crippen molar-refractivity contribution < 1.29 is 19.1 Å². The quantitative estimate of drug-likeness (QED) is 0.811. The van der Waals surface area contributed by atoms with Crippen molar-refractivity contribution in [3.8, 4) is 0 Å². The van der Waals surface area contributed by atoms with Crippen LogP contribution in [0.25, 0.3) is 0 Å². The maximum absolute atomic E-state index is 13.1. The number of carbonyl (C=O) groups excluding carboxylic acids is 3. The van der Waals surface area contributed by atoms with Crippen molar-refractivity contribution in [2.75, 3.05) is 13.1 Å². The molecular formula is C18H27N3O4. The minimum absolute atomic E-state index is 0.00834. The monoisotopic (exact) mass is 349 g/mol. The van der Waals surface area contributed by atoms with E-state index in [-0.39, 0.29) is 23.8 Å². The summed E-state index contributed by atoms with van der Waals surface area (Å²) in [7, 11) is 0. The van der Waals surface area contributed by atoms with Crippen LogP contribution in [0.4, 0.5) is 0 Å². The average molecular weight is 349 g/mol. The third-order valence-corrected chi connectivity index (χ3v) is 4.35. The maximum atomic E-state index is 13.1. The summed E-state index contributed by atoms with van der Waals surface area (Å²) in [5.74, 6) is -0.865. The molecule has 7 heteroatoms. The van der Waals surface area contributed by atoms with E-state index in [1.54, 1.807) is 32.6 Å². The lowest BCUT2D eigenvalue weighted by atomic mass is 9.98. The van der Waals surface area contributed by atoms with Crippen LogP contribution in [0.15, 0.2) is 0 Å². The van der Waals surface area contributed by atoms with Gasteiger partial charge in [0.15, 0.2) is 0 Å². The zero-order chi connectivity index (χ0) is 18.9. The number of nitrogens with zero attached hydrogens (tertiary/aromatic N) is 1. The van der Waals surface area contributed by atoms with E-state index in [0.29, 0.717) is 35.6 Å². The summed E-state index contributed by atoms with van der Waals surface area (Å²) in [6.45, 7) is 11.7. The predicted molar refractivity (Wildman–Crippen MR) is 93.5 cm³/mol. The van der Waals surface area contributed by atoms with E-state index < -0.39 is 12.0 Å². The fourth-order valence-corrected chi connectivity index (χ4v) is 3.26. The number of carbonyl (C=O) groups is 3. The largest absolute Gasteiger partial charge is 0.459 e. The van der Waals surface area contributed by atoms with Gasteiger partial charge in [-0.2, -0.15) is 0 Å². The lowest BCUT2D eigenvalue weighted by molar-refractivity contribution is -0.129. The Labute approximate surface area is 148 Å². The number of aromatic amines is 1. The van der Waals surface area contributed by atoms with Crippen LogP contribution in [0.5, 0.6) is 0 Å². The maximum Gasteiger partial charge on any atom is 0.340 e. The molecule has 25 heavy (non-hydrogen) atoms. The summed E-state index contributed by atoms with van der Waals surface area (Å²) in [5.41, 5.74) is 1.88. The lowest BCUT2D eigenvalue weighted by Gasteiger charge is -2.37. The number of ether oxygens (including phenoxy) is 1. The van der Waals surface area contributed by atoms with Crippen molar-refractivity contribution in [1.29, 1.82) is 0 Å².